The highest BCUT2D eigenvalue weighted by atomic mass is 19.4. The molecule has 0 aliphatic carbocycles. The van der Waals surface area contributed by atoms with E-state index in [0.29, 0.717) is 17.9 Å². The number of morpholine rings is 1. The number of halogens is 5. The van der Waals surface area contributed by atoms with Crippen LogP contribution >= 0.6 is 0 Å². The van der Waals surface area contributed by atoms with Crippen LogP contribution in [0, 0.1) is 11.6 Å². The molecule has 3 aromatic rings. The number of ether oxygens (including phenoxy) is 2. The van der Waals surface area contributed by atoms with Crippen molar-refractivity contribution >= 4 is 23.6 Å². The number of aliphatic carboxylic acids is 1. The number of alkyl halides is 3. The van der Waals surface area contributed by atoms with Gasteiger partial charge >= 0.3 is 18.2 Å². The standard InChI is InChI=1S/C23H25F2N5O4.C2HF3O2/c1-32-19-14-15(27-21(31)20-17(24)4-2-5-18(20)25)6-7-16(19)22-28-29-23(34-22)26-8-3-9-30-10-12-33-13-11-30;3-2(4,5)1(6)7/h2,4-7,14H,3,8-13H2,1H3,(H,26,29)(H,27,31);(H,6,7). The number of nitrogens with one attached hydrogen (secondary N) is 2. The topological polar surface area (TPSA) is 139 Å². The Morgan fingerprint density at radius 3 is 2.37 bits per heavy atom. The Morgan fingerprint density at radius 1 is 1.10 bits per heavy atom. The lowest BCUT2D eigenvalue weighted by Crippen LogP contribution is -2.37. The second-order valence-electron chi connectivity index (χ2n) is 8.42. The third-order valence-corrected chi connectivity index (χ3v) is 5.58. The second kappa shape index (κ2) is 14.4. The van der Waals surface area contributed by atoms with Crippen molar-refractivity contribution in [3.63, 3.8) is 0 Å². The predicted octanol–water partition coefficient (Wildman–Crippen LogP) is 4.04. The van der Waals surface area contributed by atoms with Crippen molar-refractivity contribution < 1.29 is 50.5 Å². The van der Waals surface area contributed by atoms with E-state index in [4.69, 9.17) is 23.8 Å². The highest BCUT2D eigenvalue weighted by Gasteiger charge is 2.38. The molecule has 3 N–H and O–H groups in total. The fourth-order valence-corrected chi connectivity index (χ4v) is 3.58. The molecule has 1 amide bonds. The van der Waals surface area contributed by atoms with Gasteiger partial charge in [-0.2, -0.15) is 13.2 Å². The van der Waals surface area contributed by atoms with E-state index in [1.165, 1.54) is 19.2 Å². The van der Waals surface area contributed by atoms with E-state index in [1.807, 2.05) is 0 Å². The van der Waals surface area contributed by atoms with Gasteiger partial charge in [-0.1, -0.05) is 11.2 Å². The van der Waals surface area contributed by atoms with E-state index in [0.717, 1.165) is 51.4 Å². The maximum absolute atomic E-state index is 13.9. The molecule has 0 bridgehead atoms. The highest BCUT2D eigenvalue weighted by Crippen LogP contribution is 2.32. The first-order valence-corrected chi connectivity index (χ1v) is 12.1. The summed E-state index contributed by atoms with van der Waals surface area (Å²) in [6.07, 6.45) is -4.17. The van der Waals surface area contributed by atoms with Gasteiger partial charge in [-0.25, -0.2) is 13.6 Å². The average molecular weight is 588 g/mol. The number of carboxylic acids is 1. The molecule has 2 aromatic carbocycles. The van der Waals surface area contributed by atoms with Gasteiger partial charge in [0.15, 0.2) is 0 Å². The molecule has 222 valence electrons. The van der Waals surface area contributed by atoms with E-state index in [9.17, 15) is 26.7 Å². The molecule has 0 spiro atoms. The van der Waals surface area contributed by atoms with Crippen molar-refractivity contribution in [2.24, 2.45) is 0 Å². The number of nitrogens with zero attached hydrogens (tertiary/aromatic N) is 3. The fourth-order valence-electron chi connectivity index (χ4n) is 3.58. The number of hydrogen-bond donors (Lipinski definition) is 3. The number of anilines is 2. The number of hydrogen-bond acceptors (Lipinski definition) is 9. The van der Waals surface area contributed by atoms with E-state index < -0.39 is 35.3 Å². The summed E-state index contributed by atoms with van der Waals surface area (Å²) in [5.74, 6) is -4.99. The lowest BCUT2D eigenvalue weighted by molar-refractivity contribution is -0.192. The summed E-state index contributed by atoms with van der Waals surface area (Å²) in [4.78, 5) is 23.6. The Balaban J connectivity index is 0.000000587. The van der Waals surface area contributed by atoms with E-state index in [-0.39, 0.29) is 17.6 Å². The van der Waals surface area contributed by atoms with Crippen LogP contribution in [-0.2, 0) is 9.53 Å². The molecule has 1 fully saturated rings. The van der Waals surface area contributed by atoms with Crippen molar-refractivity contribution in [2.45, 2.75) is 12.6 Å². The molecule has 1 saturated heterocycles. The molecular formula is C25H26F5N5O6. The molecule has 41 heavy (non-hydrogen) atoms. The number of amides is 1. The van der Waals surface area contributed by atoms with Gasteiger partial charge in [0.05, 0.1) is 25.9 Å². The smallest absolute Gasteiger partial charge is 0.490 e. The normalized spacial score (nSPS) is 13.6. The Bertz CT molecular complexity index is 1310. The fraction of sp³-hybridized carbons (Fsp3) is 0.360. The number of benzene rings is 2. The Hall–Kier alpha value is -4.31. The van der Waals surface area contributed by atoms with Gasteiger partial charge in [-0.3, -0.25) is 9.69 Å². The van der Waals surface area contributed by atoms with Gasteiger partial charge in [0.1, 0.15) is 22.9 Å². The summed E-state index contributed by atoms with van der Waals surface area (Å²) in [5.41, 5.74) is 0.132. The maximum atomic E-state index is 13.9. The van der Waals surface area contributed by atoms with E-state index in [1.54, 1.807) is 12.1 Å². The predicted molar refractivity (Wildman–Crippen MR) is 135 cm³/mol. The van der Waals surface area contributed by atoms with Crippen molar-refractivity contribution in [3.8, 4) is 17.2 Å². The minimum Gasteiger partial charge on any atom is -0.496 e. The molecule has 1 aliphatic heterocycles. The second-order valence-corrected chi connectivity index (χ2v) is 8.42. The third-order valence-electron chi connectivity index (χ3n) is 5.58. The van der Waals surface area contributed by atoms with E-state index in [2.05, 4.69) is 25.7 Å². The van der Waals surface area contributed by atoms with Gasteiger partial charge in [-0.15, -0.1) is 5.10 Å². The van der Waals surface area contributed by atoms with Crippen molar-refractivity contribution in [1.82, 2.24) is 15.1 Å². The number of aromatic nitrogens is 2. The summed E-state index contributed by atoms with van der Waals surface area (Å²) in [6.45, 7) is 5.05. The molecule has 2 heterocycles. The van der Waals surface area contributed by atoms with Gasteiger partial charge in [0, 0.05) is 31.4 Å². The molecule has 11 nitrogen and oxygen atoms in total. The molecule has 0 atom stereocenters. The molecular weight excluding hydrogens is 561 g/mol. The van der Waals surface area contributed by atoms with Crippen molar-refractivity contribution in [3.05, 3.63) is 53.6 Å². The first-order valence-electron chi connectivity index (χ1n) is 12.1. The number of carbonyl (C=O) groups is 2. The first kappa shape index (κ1) is 31.2. The number of rotatable bonds is 9. The van der Waals surface area contributed by atoms with Crippen LogP contribution in [0.1, 0.15) is 16.8 Å². The van der Waals surface area contributed by atoms with Crippen LogP contribution in [0.15, 0.2) is 40.8 Å². The average Bonchev–Trinajstić information content (AvgIpc) is 3.40. The number of carboxylic acid groups (broad SMARTS) is 1. The van der Waals surface area contributed by atoms with Crippen LogP contribution in [0.5, 0.6) is 5.75 Å². The minimum atomic E-state index is -5.08. The van der Waals surface area contributed by atoms with Crippen molar-refractivity contribution in [2.75, 3.05) is 57.1 Å². The maximum Gasteiger partial charge on any atom is 0.490 e. The highest BCUT2D eigenvalue weighted by molar-refractivity contribution is 6.04. The van der Waals surface area contributed by atoms with Crippen molar-refractivity contribution in [1.29, 1.82) is 0 Å². The largest absolute Gasteiger partial charge is 0.496 e. The molecule has 0 saturated carbocycles. The van der Waals surface area contributed by atoms with Gasteiger partial charge in [0.2, 0.25) is 0 Å². The van der Waals surface area contributed by atoms with Crippen LogP contribution in [0.25, 0.3) is 11.5 Å². The molecule has 0 radical (unpaired) electrons. The number of methoxy groups -OCH3 is 1. The first-order chi connectivity index (χ1) is 19.5. The molecule has 0 unspecified atom stereocenters. The summed E-state index contributed by atoms with van der Waals surface area (Å²) < 4.78 is 75.9. The van der Waals surface area contributed by atoms with Gasteiger partial charge in [-0.05, 0) is 37.2 Å². The van der Waals surface area contributed by atoms with Crippen LogP contribution in [0.2, 0.25) is 0 Å². The quantitative estimate of drug-likeness (QED) is 0.248. The third kappa shape index (κ3) is 9.11. The molecule has 4 rings (SSSR count). The van der Waals surface area contributed by atoms with Gasteiger partial charge in [0.25, 0.3) is 11.8 Å². The zero-order chi connectivity index (χ0) is 30.0. The molecule has 16 heteroatoms. The van der Waals surface area contributed by atoms with Crippen LogP contribution in [0.3, 0.4) is 0 Å². The summed E-state index contributed by atoms with van der Waals surface area (Å²) in [5, 5.41) is 20.8. The minimum absolute atomic E-state index is 0.227. The summed E-state index contributed by atoms with van der Waals surface area (Å²) >= 11 is 0. The zero-order valence-electron chi connectivity index (χ0n) is 21.6. The Morgan fingerprint density at radius 2 is 1.76 bits per heavy atom. The Kier molecular flexibility index (Phi) is 10.9. The van der Waals surface area contributed by atoms with Crippen LogP contribution in [-0.4, -0.2) is 84.8 Å². The van der Waals surface area contributed by atoms with Gasteiger partial charge < -0.3 is 29.6 Å². The summed E-state index contributed by atoms with van der Waals surface area (Å²) in [7, 11) is 1.45. The molecule has 1 aliphatic rings. The van der Waals surface area contributed by atoms with Crippen LogP contribution in [0.4, 0.5) is 33.7 Å². The monoisotopic (exact) mass is 587 g/mol. The van der Waals surface area contributed by atoms with Crippen LogP contribution < -0.4 is 15.4 Å². The lowest BCUT2D eigenvalue weighted by atomic mass is 10.1. The SMILES string of the molecule is COc1cc(NC(=O)c2c(F)cccc2F)ccc1-c1nnc(NCCCN2CCOCC2)o1.O=C(O)C(F)(F)F. The van der Waals surface area contributed by atoms with E-state index >= 15 is 0 Å². The summed E-state index contributed by atoms with van der Waals surface area (Å²) in [6, 6.07) is 8.18. The number of carbonyl (C=O) groups excluding carboxylic acids is 1. The zero-order valence-corrected chi connectivity index (χ0v) is 21.6. The lowest BCUT2D eigenvalue weighted by Gasteiger charge is -2.26. The molecule has 1 aromatic heterocycles. The Labute approximate surface area is 230 Å².